The van der Waals surface area contributed by atoms with Crippen molar-refractivity contribution in [2.75, 3.05) is 11.9 Å². The summed E-state index contributed by atoms with van der Waals surface area (Å²) in [6, 6.07) is 3.99. The predicted octanol–water partition coefficient (Wildman–Crippen LogP) is 4.96. The highest BCUT2D eigenvalue weighted by Crippen LogP contribution is 2.55. The number of amides is 2. The van der Waals surface area contributed by atoms with E-state index in [4.69, 9.17) is 15.2 Å². The molecule has 1 aliphatic heterocycles. The molecule has 2 amide bonds. The summed E-state index contributed by atoms with van der Waals surface area (Å²) in [4.78, 5) is 28.4. The third-order valence-electron chi connectivity index (χ3n) is 7.28. The van der Waals surface area contributed by atoms with Crippen LogP contribution in [0.15, 0.2) is 30.5 Å². The number of carbonyl (C=O) groups excluding carboxylic acids is 2. The fourth-order valence-corrected chi connectivity index (χ4v) is 4.94. The number of halogens is 7. The number of ether oxygens (including phenoxy) is 2. The van der Waals surface area contributed by atoms with Crippen molar-refractivity contribution in [3.63, 3.8) is 0 Å². The van der Waals surface area contributed by atoms with E-state index in [-0.39, 0.29) is 16.9 Å². The van der Waals surface area contributed by atoms with Crippen LogP contribution in [-0.2, 0) is 9.53 Å². The average Bonchev–Trinajstić information content (AvgIpc) is 3.10. The number of aromatic nitrogens is 1. The molecule has 4 rings (SSSR count). The molecule has 1 saturated heterocycles. The number of nitrogens with one attached hydrogen (secondary N) is 1. The lowest BCUT2D eigenvalue weighted by Crippen LogP contribution is -2.47. The van der Waals surface area contributed by atoms with Crippen LogP contribution in [0.25, 0.3) is 0 Å². The van der Waals surface area contributed by atoms with E-state index < -0.39 is 90.2 Å². The molecule has 2 aliphatic rings. The first kappa shape index (κ1) is 28.6. The average molecular weight is 563 g/mol. The molecule has 1 saturated carbocycles. The summed E-state index contributed by atoms with van der Waals surface area (Å²) in [7, 11) is 0. The van der Waals surface area contributed by atoms with E-state index in [2.05, 4.69) is 10.3 Å². The van der Waals surface area contributed by atoms with Crippen LogP contribution in [0, 0.1) is 23.5 Å². The van der Waals surface area contributed by atoms with Crippen molar-refractivity contribution in [2.45, 2.75) is 56.4 Å². The number of carbonyl (C=O) groups is 2. The lowest BCUT2D eigenvalue weighted by Gasteiger charge is -2.35. The first-order chi connectivity index (χ1) is 18.0. The third kappa shape index (κ3) is 5.38. The van der Waals surface area contributed by atoms with Gasteiger partial charge in [-0.2, -0.15) is 17.6 Å². The molecule has 7 nitrogen and oxygen atoms in total. The fraction of sp³-hybridized carbons (Fsp3) is 0.480. The summed E-state index contributed by atoms with van der Waals surface area (Å²) in [6.07, 6.45) is -6.82. The Morgan fingerprint density at radius 2 is 1.87 bits per heavy atom. The van der Waals surface area contributed by atoms with E-state index in [9.17, 15) is 40.3 Å². The van der Waals surface area contributed by atoms with Crippen LogP contribution in [0.4, 0.5) is 36.4 Å². The Morgan fingerprint density at radius 3 is 2.46 bits per heavy atom. The monoisotopic (exact) mass is 563 g/mol. The van der Waals surface area contributed by atoms with Gasteiger partial charge in [-0.3, -0.25) is 14.6 Å². The molecule has 0 unspecified atom stereocenters. The number of anilines is 1. The van der Waals surface area contributed by atoms with Crippen molar-refractivity contribution in [3.05, 3.63) is 53.4 Å². The van der Waals surface area contributed by atoms with Crippen LogP contribution < -0.4 is 15.8 Å². The van der Waals surface area contributed by atoms with E-state index >= 15 is 0 Å². The molecule has 2 aromatic rings. The highest BCUT2D eigenvalue weighted by atomic mass is 19.4. The van der Waals surface area contributed by atoms with Gasteiger partial charge < -0.3 is 20.5 Å². The van der Waals surface area contributed by atoms with Crippen molar-refractivity contribution in [2.24, 2.45) is 17.6 Å². The summed E-state index contributed by atoms with van der Waals surface area (Å²) in [6.45, 7) is 1.43. The van der Waals surface area contributed by atoms with Gasteiger partial charge in [0.1, 0.15) is 11.8 Å². The molecule has 2 heterocycles. The number of alkyl halides is 5. The molecule has 14 heteroatoms. The maximum atomic E-state index is 14.9. The Morgan fingerprint density at radius 1 is 1.21 bits per heavy atom. The second-order valence-corrected chi connectivity index (χ2v) is 9.96. The molecule has 212 valence electrons. The van der Waals surface area contributed by atoms with E-state index in [0.717, 1.165) is 32.2 Å². The van der Waals surface area contributed by atoms with Gasteiger partial charge in [0.2, 0.25) is 11.7 Å². The van der Waals surface area contributed by atoms with Gasteiger partial charge in [0.15, 0.2) is 17.2 Å². The van der Waals surface area contributed by atoms with Crippen molar-refractivity contribution >= 4 is 17.5 Å². The first-order valence-corrected chi connectivity index (χ1v) is 11.8. The second-order valence-electron chi connectivity index (χ2n) is 9.96. The molecule has 39 heavy (non-hydrogen) atoms. The molecule has 1 aromatic heterocycles. The molecular formula is C25H24F7N3O4. The Bertz CT molecular complexity index is 1280. The molecule has 0 bridgehead atoms. The summed E-state index contributed by atoms with van der Waals surface area (Å²) in [5, 5.41) is 2.34. The zero-order chi connectivity index (χ0) is 28.9. The van der Waals surface area contributed by atoms with Crippen molar-refractivity contribution in [1.82, 2.24) is 4.98 Å². The van der Waals surface area contributed by atoms with Crippen LogP contribution in [-0.4, -0.2) is 47.2 Å². The van der Waals surface area contributed by atoms with Gasteiger partial charge >= 0.3 is 6.18 Å². The van der Waals surface area contributed by atoms with E-state index in [0.29, 0.717) is 6.07 Å². The smallest absolute Gasteiger partial charge is 0.417 e. The molecular weight excluding hydrogens is 539 g/mol. The minimum absolute atomic E-state index is 0.0351. The zero-order valence-electron chi connectivity index (χ0n) is 20.6. The summed E-state index contributed by atoms with van der Waals surface area (Å²) in [5.41, 5.74) is 1.71. The molecule has 1 aliphatic carbocycles. The molecule has 0 spiro atoms. The predicted molar refractivity (Wildman–Crippen MR) is 122 cm³/mol. The zero-order valence-corrected chi connectivity index (χ0v) is 20.6. The summed E-state index contributed by atoms with van der Waals surface area (Å²) < 4.78 is 109. The lowest BCUT2D eigenvalue weighted by molar-refractivity contribution is -0.272. The molecule has 2 fully saturated rings. The van der Waals surface area contributed by atoms with Gasteiger partial charge in [0.25, 0.3) is 11.8 Å². The number of nitrogens with zero attached hydrogens (tertiary/aromatic N) is 1. The number of rotatable bonds is 7. The van der Waals surface area contributed by atoms with Crippen LogP contribution in [0.2, 0.25) is 0 Å². The number of hydrogen-bond donors (Lipinski definition) is 2. The van der Waals surface area contributed by atoms with Crippen molar-refractivity contribution < 1.29 is 49.8 Å². The number of benzene rings is 1. The highest BCUT2D eigenvalue weighted by molar-refractivity contribution is 5.97. The Balaban J connectivity index is 1.71. The van der Waals surface area contributed by atoms with Gasteiger partial charge in [0.05, 0.1) is 6.61 Å². The van der Waals surface area contributed by atoms with E-state index in [1.54, 1.807) is 0 Å². The Kier molecular flexibility index (Phi) is 7.30. The first-order valence-electron chi connectivity index (χ1n) is 11.8. The van der Waals surface area contributed by atoms with Gasteiger partial charge in [-0.05, 0) is 25.1 Å². The molecule has 4 atom stereocenters. The van der Waals surface area contributed by atoms with Gasteiger partial charge in [-0.1, -0.05) is 13.0 Å². The number of pyridine rings is 1. The maximum Gasteiger partial charge on any atom is 0.417 e. The number of nitrogens with two attached hydrogens (primary N) is 1. The van der Waals surface area contributed by atoms with E-state index in [1.807, 2.05) is 0 Å². The van der Waals surface area contributed by atoms with Crippen molar-refractivity contribution in [1.29, 1.82) is 0 Å². The normalized spacial score (nSPS) is 26.6. The Labute approximate surface area is 217 Å². The van der Waals surface area contributed by atoms with Gasteiger partial charge in [-0.25, -0.2) is 13.2 Å². The van der Waals surface area contributed by atoms with Gasteiger partial charge in [-0.15, -0.1) is 0 Å². The quantitative estimate of drug-likeness (QED) is 0.464. The lowest BCUT2D eigenvalue weighted by atomic mass is 9.76. The van der Waals surface area contributed by atoms with Crippen LogP contribution >= 0.6 is 0 Å². The maximum absolute atomic E-state index is 14.9. The minimum Gasteiger partial charge on any atom is -0.490 e. The van der Waals surface area contributed by atoms with Crippen molar-refractivity contribution in [3.8, 4) is 5.75 Å². The topological polar surface area (TPSA) is 104 Å². The highest BCUT2D eigenvalue weighted by Gasteiger charge is 2.66. The van der Waals surface area contributed by atoms with Crippen LogP contribution in [0.3, 0.4) is 0 Å². The molecule has 3 N–H and O–H groups in total. The summed E-state index contributed by atoms with van der Waals surface area (Å²) in [5.74, 6) is -12.3. The van der Waals surface area contributed by atoms with Gasteiger partial charge in [0, 0.05) is 48.0 Å². The molecule has 1 aromatic carbocycles. The number of hydrogen-bond acceptors (Lipinski definition) is 5. The third-order valence-corrected chi connectivity index (χ3v) is 7.28. The standard InChI is InChI=1S/C25H24F7N3O4/c1-11-17(14-3-4-15(26)18(27)19(14)38-10-12-8-24(28,29)9-12)20(39-23(11,2)25(30,31)32)22(37)35-13-5-6-34-16(7-13)21(33)36/h3-7,11-12,17,20H,8-10H2,1-2H3,(H2,33,36)(H,34,35,37)/t11-,17-,20+,23+/m0/s1. The SMILES string of the molecule is C[C@H]1[C@@H](c2ccc(F)c(F)c2OCC2CC(F)(F)C2)[C@H](C(=O)Nc2ccnc(C(N)=O)c2)O[C@@]1(C)C(F)(F)F. The van der Waals surface area contributed by atoms with E-state index in [1.165, 1.54) is 6.07 Å². The van der Waals surface area contributed by atoms with Crippen LogP contribution in [0.1, 0.15) is 48.7 Å². The molecule has 0 radical (unpaired) electrons. The number of primary amides is 1. The summed E-state index contributed by atoms with van der Waals surface area (Å²) >= 11 is 0. The largest absolute Gasteiger partial charge is 0.490 e. The van der Waals surface area contributed by atoms with Crippen LogP contribution in [0.5, 0.6) is 5.75 Å². The fourth-order valence-electron chi connectivity index (χ4n) is 4.94. The minimum atomic E-state index is -4.98. The Hall–Kier alpha value is -3.42. The second kappa shape index (κ2) is 9.96.